The Kier molecular flexibility index (Phi) is 6.04. The Morgan fingerprint density at radius 1 is 1.26 bits per heavy atom. The predicted octanol–water partition coefficient (Wildman–Crippen LogP) is 0.179. The van der Waals surface area contributed by atoms with Crippen molar-refractivity contribution in [1.82, 2.24) is 9.80 Å². The molecule has 0 saturated carbocycles. The van der Waals surface area contributed by atoms with E-state index in [0.717, 1.165) is 52.2 Å². The lowest BCUT2D eigenvalue weighted by Gasteiger charge is -2.39. The van der Waals surface area contributed by atoms with Gasteiger partial charge in [0.25, 0.3) is 0 Å². The molecule has 2 rings (SSSR count). The van der Waals surface area contributed by atoms with E-state index in [-0.39, 0.29) is 12.2 Å². The molecular formula is C14H28N2O3. The molecule has 3 atom stereocenters. The Balaban J connectivity index is 1.78. The van der Waals surface area contributed by atoms with E-state index < -0.39 is 6.10 Å². The lowest BCUT2D eigenvalue weighted by atomic mass is 10.0. The second-order valence-electron chi connectivity index (χ2n) is 5.70. The fourth-order valence-electron chi connectivity index (χ4n) is 2.74. The smallest absolute Gasteiger partial charge is 0.108 e. The predicted molar refractivity (Wildman–Crippen MR) is 74.3 cm³/mol. The summed E-state index contributed by atoms with van der Waals surface area (Å²) < 4.78 is 11.5. The van der Waals surface area contributed by atoms with Crippen LogP contribution in [-0.2, 0) is 9.47 Å². The van der Waals surface area contributed by atoms with E-state index in [0.29, 0.717) is 6.61 Å². The third kappa shape index (κ3) is 4.39. The van der Waals surface area contributed by atoms with Gasteiger partial charge in [0.1, 0.15) is 6.10 Å². The average molecular weight is 272 g/mol. The van der Waals surface area contributed by atoms with Gasteiger partial charge >= 0.3 is 0 Å². The van der Waals surface area contributed by atoms with E-state index >= 15 is 0 Å². The second kappa shape index (κ2) is 7.55. The summed E-state index contributed by atoms with van der Waals surface area (Å²) in [5.41, 5.74) is 0. The molecule has 19 heavy (non-hydrogen) atoms. The van der Waals surface area contributed by atoms with Crippen LogP contribution in [0.5, 0.6) is 0 Å². The number of nitrogens with zero attached hydrogens (tertiary/aromatic N) is 2. The van der Waals surface area contributed by atoms with Crippen molar-refractivity contribution in [3.8, 4) is 0 Å². The molecule has 1 N–H and O–H groups in total. The molecule has 0 radical (unpaired) electrons. The van der Waals surface area contributed by atoms with E-state index in [2.05, 4.69) is 23.8 Å². The molecule has 2 heterocycles. The maximum Gasteiger partial charge on any atom is 0.108 e. The van der Waals surface area contributed by atoms with Crippen molar-refractivity contribution >= 4 is 0 Å². The molecule has 0 aromatic rings. The molecule has 0 aliphatic carbocycles. The van der Waals surface area contributed by atoms with Crippen molar-refractivity contribution in [3.63, 3.8) is 0 Å². The zero-order valence-electron chi connectivity index (χ0n) is 12.3. The SMILES string of the molecule is CCCOC1CCOC(CN2CCN(C)CC2)C1O. The molecule has 112 valence electrons. The van der Waals surface area contributed by atoms with Crippen molar-refractivity contribution in [2.24, 2.45) is 0 Å². The lowest BCUT2D eigenvalue weighted by Crippen LogP contribution is -2.54. The van der Waals surface area contributed by atoms with Gasteiger partial charge in [-0.3, -0.25) is 4.90 Å². The minimum Gasteiger partial charge on any atom is -0.388 e. The largest absolute Gasteiger partial charge is 0.388 e. The first-order valence-electron chi connectivity index (χ1n) is 7.53. The van der Waals surface area contributed by atoms with Crippen LogP contribution in [-0.4, -0.2) is 86.2 Å². The molecule has 0 aromatic heterocycles. The summed E-state index contributed by atoms with van der Waals surface area (Å²) in [5, 5.41) is 10.4. The van der Waals surface area contributed by atoms with Gasteiger partial charge < -0.3 is 19.5 Å². The van der Waals surface area contributed by atoms with E-state index in [9.17, 15) is 5.11 Å². The number of aliphatic hydroxyl groups is 1. The van der Waals surface area contributed by atoms with Gasteiger partial charge in [0.05, 0.1) is 12.2 Å². The molecule has 2 fully saturated rings. The quantitative estimate of drug-likeness (QED) is 0.773. The molecule has 2 aliphatic rings. The molecule has 3 unspecified atom stereocenters. The van der Waals surface area contributed by atoms with Crippen LogP contribution in [0.25, 0.3) is 0 Å². The van der Waals surface area contributed by atoms with Crippen LogP contribution in [0.2, 0.25) is 0 Å². The van der Waals surface area contributed by atoms with E-state index in [1.807, 2.05) is 0 Å². The lowest BCUT2D eigenvalue weighted by molar-refractivity contribution is -0.160. The van der Waals surface area contributed by atoms with Crippen LogP contribution in [0.3, 0.4) is 0 Å². The molecule has 5 heteroatoms. The van der Waals surface area contributed by atoms with Gasteiger partial charge in [0.15, 0.2) is 0 Å². The highest BCUT2D eigenvalue weighted by Gasteiger charge is 2.34. The van der Waals surface area contributed by atoms with Gasteiger partial charge in [-0.15, -0.1) is 0 Å². The first-order chi connectivity index (χ1) is 9.20. The van der Waals surface area contributed by atoms with Gasteiger partial charge in [-0.1, -0.05) is 6.92 Å². The Morgan fingerprint density at radius 2 is 2.00 bits per heavy atom. The molecular weight excluding hydrogens is 244 g/mol. The first kappa shape index (κ1) is 15.2. The Morgan fingerprint density at radius 3 is 2.68 bits per heavy atom. The molecule has 5 nitrogen and oxygen atoms in total. The molecule has 0 spiro atoms. The summed E-state index contributed by atoms with van der Waals surface area (Å²) in [5.74, 6) is 0. The molecule has 2 saturated heterocycles. The highest BCUT2D eigenvalue weighted by Crippen LogP contribution is 2.19. The van der Waals surface area contributed by atoms with Gasteiger partial charge in [0, 0.05) is 45.9 Å². The number of hydrogen-bond donors (Lipinski definition) is 1. The summed E-state index contributed by atoms with van der Waals surface area (Å²) in [6.45, 7) is 8.64. The molecule has 0 bridgehead atoms. The van der Waals surface area contributed by atoms with Crippen LogP contribution in [0.4, 0.5) is 0 Å². The normalized spacial score (nSPS) is 34.6. The summed E-state index contributed by atoms with van der Waals surface area (Å²) in [4.78, 5) is 4.72. The van der Waals surface area contributed by atoms with E-state index in [1.165, 1.54) is 0 Å². The summed E-state index contributed by atoms with van der Waals surface area (Å²) in [6, 6.07) is 0. The standard InChI is InChI=1S/C14H28N2O3/c1-3-9-18-12-4-10-19-13(14(12)17)11-16-7-5-15(2)6-8-16/h12-14,17H,3-11H2,1-2H3. The van der Waals surface area contributed by atoms with Gasteiger partial charge in [-0.2, -0.15) is 0 Å². The third-order valence-corrected chi connectivity index (χ3v) is 4.07. The maximum atomic E-state index is 10.4. The second-order valence-corrected chi connectivity index (χ2v) is 5.70. The number of hydrogen-bond acceptors (Lipinski definition) is 5. The summed E-state index contributed by atoms with van der Waals surface area (Å²) >= 11 is 0. The zero-order valence-corrected chi connectivity index (χ0v) is 12.3. The van der Waals surface area contributed by atoms with Crippen molar-refractivity contribution in [2.75, 3.05) is 53.0 Å². The maximum absolute atomic E-state index is 10.4. The summed E-state index contributed by atoms with van der Waals surface area (Å²) in [6.07, 6.45) is 1.17. The van der Waals surface area contributed by atoms with Crippen molar-refractivity contribution in [3.05, 3.63) is 0 Å². The highest BCUT2D eigenvalue weighted by atomic mass is 16.5. The number of ether oxygens (including phenoxy) is 2. The van der Waals surface area contributed by atoms with Crippen LogP contribution >= 0.6 is 0 Å². The monoisotopic (exact) mass is 272 g/mol. The fraction of sp³-hybridized carbons (Fsp3) is 1.00. The van der Waals surface area contributed by atoms with Crippen molar-refractivity contribution in [1.29, 1.82) is 0 Å². The van der Waals surface area contributed by atoms with Gasteiger partial charge in [-0.05, 0) is 19.9 Å². The Labute approximate surface area is 116 Å². The van der Waals surface area contributed by atoms with Crippen LogP contribution in [0, 0.1) is 0 Å². The van der Waals surface area contributed by atoms with Crippen LogP contribution < -0.4 is 0 Å². The Bertz CT molecular complexity index is 257. The molecule has 2 aliphatic heterocycles. The number of piperazine rings is 1. The number of likely N-dealkylation sites (N-methyl/N-ethyl adjacent to an activating group) is 1. The van der Waals surface area contributed by atoms with E-state index in [4.69, 9.17) is 9.47 Å². The minimum atomic E-state index is -0.486. The number of aliphatic hydroxyl groups excluding tert-OH is 1. The van der Waals surface area contributed by atoms with Gasteiger partial charge in [0.2, 0.25) is 0 Å². The van der Waals surface area contributed by atoms with Crippen molar-refractivity contribution < 1.29 is 14.6 Å². The van der Waals surface area contributed by atoms with Crippen LogP contribution in [0.1, 0.15) is 19.8 Å². The third-order valence-electron chi connectivity index (χ3n) is 4.07. The van der Waals surface area contributed by atoms with Gasteiger partial charge in [-0.25, -0.2) is 0 Å². The molecule has 0 amide bonds. The average Bonchev–Trinajstić information content (AvgIpc) is 2.42. The minimum absolute atomic E-state index is 0.0498. The van der Waals surface area contributed by atoms with E-state index in [1.54, 1.807) is 0 Å². The fourth-order valence-corrected chi connectivity index (χ4v) is 2.74. The molecule has 0 aromatic carbocycles. The van der Waals surface area contributed by atoms with Crippen molar-refractivity contribution in [2.45, 2.75) is 38.1 Å². The highest BCUT2D eigenvalue weighted by molar-refractivity contribution is 4.85. The topological polar surface area (TPSA) is 45.2 Å². The summed E-state index contributed by atoms with van der Waals surface area (Å²) in [7, 11) is 2.15. The first-order valence-corrected chi connectivity index (χ1v) is 7.53. The number of rotatable bonds is 5. The van der Waals surface area contributed by atoms with Crippen LogP contribution in [0.15, 0.2) is 0 Å². The zero-order chi connectivity index (χ0) is 13.7. The Hall–Kier alpha value is -0.200.